The van der Waals surface area contributed by atoms with Crippen LogP contribution in [0.25, 0.3) is 0 Å². The molecular weight excluding hydrogens is 318 g/mol. The molecule has 2 unspecified atom stereocenters. The Morgan fingerprint density at radius 2 is 1.80 bits per heavy atom. The van der Waals surface area contributed by atoms with Crippen molar-refractivity contribution in [1.29, 1.82) is 0 Å². The first-order chi connectivity index (χ1) is 9.67. The molecule has 0 heterocycles. The van der Waals surface area contributed by atoms with Gasteiger partial charge in [-0.3, -0.25) is 0 Å². The standard InChI is InChI=1S/C16H18BrNO2/c1-20-15-5-3-2-4-13(15)16(19)14(10-18)11-6-8-12(17)9-7-11/h2-9,14,16,19H,10,18H2,1H3. The van der Waals surface area contributed by atoms with Crippen molar-refractivity contribution in [3.05, 3.63) is 64.1 Å². The number of ether oxygens (including phenoxy) is 1. The fourth-order valence-corrected chi connectivity index (χ4v) is 2.55. The summed E-state index contributed by atoms with van der Waals surface area (Å²) in [5.41, 5.74) is 7.63. The molecule has 4 heteroatoms. The number of halogens is 1. The summed E-state index contributed by atoms with van der Waals surface area (Å²) in [7, 11) is 1.60. The van der Waals surface area contributed by atoms with Gasteiger partial charge in [-0.25, -0.2) is 0 Å². The molecule has 0 aliphatic heterocycles. The quantitative estimate of drug-likeness (QED) is 0.881. The highest BCUT2D eigenvalue weighted by molar-refractivity contribution is 9.10. The Hall–Kier alpha value is -1.36. The molecule has 2 rings (SSSR count). The molecule has 0 spiro atoms. The highest BCUT2D eigenvalue weighted by atomic mass is 79.9. The molecule has 0 aromatic heterocycles. The average Bonchev–Trinajstić information content (AvgIpc) is 2.49. The molecule has 0 amide bonds. The highest BCUT2D eigenvalue weighted by Crippen LogP contribution is 2.35. The molecule has 0 aliphatic carbocycles. The van der Waals surface area contributed by atoms with Crippen molar-refractivity contribution in [3.63, 3.8) is 0 Å². The number of hydrogen-bond donors (Lipinski definition) is 2. The second kappa shape index (κ2) is 6.88. The van der Waals surface area contributed by atoms with E-state index in [2.05, 4.69) is 15.9 Å². The number of hydrogen-bond acceptors (Lipinski definition) is 3. The lowest BCUT2D eigenvalue weighted by Crippen LogP contribution is -2.20. The van der Waals surface area contributed by atoms with Crippen LogP contribution < -0.4 is 10.5 Å². The van der Waals surface area contributed by atoms with Gasteiger partial charge in [0.15, 0.2) is 0 Å². The van der Waals surface area contributed by atoms with Gasteiger partial charge in [-0.1, -0.05) is 46.3 Å². The van der Waals surface area contributed by atoms with E-state index >= 15 is 0 Å². The summed E-state index contributed by atoms with van der Waals surface area (Å²) in [4.78, 5) is 0. The molecule has 3 nitrogen and oxygen atoms in total. The number of methoxy groups -OCH3 is 1. The highest BCUT2D eigenvalue weighted by Gasteiger charge is 2.23. The lowest BCUT2D eigenvalue weighted by atomic mass is 9.89. The van der Waals surface area contributed by atoms with Crippen LogP contribution in [0.2, 0.25) is 0 Å². The Bertz CT molecular complexity index is 557. The lowest BCUT2D eigenvalue weighted by Gasteiger charge is -2.23. The number of benzene rings is 2. The van der Waals surface area contributed by atoms with Gasteiger partial charge in [-0.05, 0) is 23.8 Å². The van der Waals surface area contributed by atoms with Crippen LogP contribution in [0.5, 0.6) is 5.75 Å². The predicted molar refractivity (Wildman–Crippen MR) is 83.9 cm³/mol. The summed E-state index contributed by atoms with van der Waals surface area (Å²) in [6, 6.07) is 15.3. The Kier molecular flexibility index (Phi) is 5.17. The van der Waals surface area contributed by atoms with Gasteiger partial charge in [0, 0.05) is 22.5 Å². The predicted octanol–water partition coefficient (Wildman–Crippen LogP) is 3.23. The molecule has 0 radical (unpaired) electrons. The van der Waals surface area contributed by atoms with E-state index in [1.54, 1.807) is 7.11 Å². The Labute approximate surface area is 127 Å². The summed E-state index contributed by atoms with van der Waals surface area (Å²) in [5, 5.41) is 10.6. The van der Waals surface area contributed by atoms with Gasteiger partial charge in [-0.15, -0.1) is 0 Å². The minimum atomic E-state index is -0.697. The second-order valence-corrected chi connectivity index (χ2v) is 5.50. The summed E-state index contributed by atoms with van der Waals surface area (Å²) in [5.74, 6) is 0.509. The zero-order chi connectivity index (χ0) is 14.5. The molecule has 106 valence electrons. The molecular formula is C16H18BrNO2. The zero-order valence-electron chi connectivity index (χ0n) is 11.3. The van der Waals surface area contributed by atoms with Crippen LogP contribution in [0.4, 0.5) is 0 Å². The molecule has 20 heavy (non-hydrogen) atoms. The number of para-hydroxylation sites is 1. The molecule has 0 aliphatic rings. The summed E-state index contributed by atoms with van der Waals surface area (Å²) < 4.78 is 6.31. The average molecular weight is 336 g/mol. The molecule has 2 atom stereocenters. The Morgan fingerprint density at radius 1 is 1.15 bits per heavy atom. The Balaban J connectivity index is 2.33. The molecule has 0 saturated carbocycles. The normalized spacial score (nSPS) is 13.8. The van der Waals surface area contributed by atoms with Gasteiger partial charge in [0.05, 0.1) is 13.2 Å². The van der Waals surface area contributed by atoms with E-state index in [0.717, 1.165) is 15.6 Å². The molecule has 2 aromatic carbocycles. The van der Waals surface area contributed by atoms with Crippen molar-refractivity contribution in [2.75, 3.05) is 13.7 Å². The van der Waals surface area contributed by atoms with E-state index in [4.69, 9.17) is 10.5 Å². The van der Waals surface area contributed by atoms with Crippen LogP contribution in [-0.2, 0) is 0 Å². The minimum Gasteiger partial charge on any atom is -0.496 e. The third kappa shape index (κ3) is 3.20. The fourth-order valence-electron chi connectivity index (χ4n) is 2.28. The molecule has 2 aromatic rings. The van der Waals surface area contributed by atoms with Crippen LogP contribution in [-0.4, -0.2) is 18.8 Å². The second-order valence-electron chi connectivity index (χ2n) is 4.58. The van der Waals surface area contributed by atoms with Crippen molar-refractivity contribution in [3.8, 4) is 5.75 Å². The van der Waals surface area contributed by atoms with Gasteiger partial charge in [0.2, 0.25) is 0 Å². The van der Waals surface area contributed by atoms with Crippen molar-refractivity contribution in [2.45, 2.75) is 12.0 Å². The van der Waals surface area contributed by atoms with E-state index < -0.39 is 6.10 Å². The van der Waals surface area contributed by atoms with Gasteiger partial charge >= 0.3 is 0 Å². The van der Waals surface area contributed by atoms with E-state index in [-0.39, 0.29) is 5.92 Å². The Morgan fingerprint density at radius 3 is 2.40 bits per heavy atom. The molecule has 0 fully saturated rings. The van der Waals surface area contributed by atoms with Crippen LogP contribution in [0.3, 0.4) is 0 Å². The summed E-state index contributed by atoms with van der Waals surface area (Å²) in [6.07, 6.45) is -0.697. The van der Waals surface area contributed by atoms with E-state index in [9.17, 15) is 5.11 Å². The van der Waals surface area contributed by atoms with Crippen molar-refractivity contribution in [2.24, 2.45) is 5.73 Å². The molecule has 0 saturated heterocycles. The number of aliphatic hydroxyl groups is 1. The van der Waals surface area contributed by atoms with Crippen molar-refractivity contribution < 1.29 is 9.84 Å². The number of rotatable bonds is 5. The summed E-state index contributed by atoms with van der Waals surface area (Å²) in [6.45, 7) is 0.362. The maximum absolute atomic E-state index is 10.6. The van der Waals surface area contributed by atoms with Crippen LogP contribution in [0.15, 0.2) is 53.0 Å². The van der Waals surface area contributed by atoms with Crippen LogP contribution in [0.1, 0.15) is 23.1 Å². The first-order valence-corrected chi connectivity index (χ1v) is 7.23. The first kappa shape index (κ1) is 15.0. The molecule has 0 bridgehead atoms. The zero-order valence-corrected chi connectivity index (χ0v) is 12.9. The monoisotopic (exact) mass is 335 g/mol. The van der Waals surface area contributed by atoms with Gasteiger partial charge in [0.1, 0.15) is 5.75 Å². The van der Waals surface area contributed by atoms with Gasteiger partial charge in [0.25, 0.3) is 0 Å². The number of aliphatic hydroxyl groups excluding tert-OH is 1. The first-order valence-electron chi connectivity index (χ1n) is 6.44. The maximum Gasteiger partial charge on any atom is 0.124 e. The van der Waals surface area contributed by atoms with E-state index in [0.29, 0.717) is 12.3 Å². The van der Waals surface area contributed by atoms with E-state index in [1.165, 1.54) is 0 Å². The van der Waals surface area contributed by atoms with Gasteiger partial charge in [-0.2, -0.15) is 0 Å². The van der Waals surface area contributed by atoms with Crippen molar-refractivity contribution in [1.82, 2.24) is 0 Å². The minimum absolute atomic E-state index is 0.167. The van der Waals surface area contributed by atoms with Crippen molar-refractivity contribution >= 4 is 15.9 Å². The molecule has 3 N–H and O–H groups in total. The third-order valence-corrected chi connectivity index (χ3v) is 3.92. The summed E-state index contributed by atoms with van der Waals surface area (Å²) >= 11 is 3.41. The van der Waals surface area contributed by atoms with Crippen LogP contribution in [0, 0.1) is 0 Å². The number of nitrogens with two attached hydrogens (primary N) is 1. The SMILES string of the molecule is COc1ccccc1C(O)C(CN)c1ccc(Br)cc1. The lowest BCUT2D eigenvalue weighted by molar-refractivity contribution is 0.144. The fraction of sp³-hybridized carbons (Fsp3) is 0.250. The maximum atomic E-state index is 10.6. The smallest absolute Gasteiger partial charge is 0.124 e. The van der Waals surface area contributed by atoms with Gasteiger partial charge < -0.3 is 15.6 Å². The third-order valence-electron chi connectivity index (χ3n) is 3.39. The van der Waals surface area contributed by atoms with Crippen LogP contribution >= 0.6 is 15.9 Å². The van der Waals surface area contributed by atoms with E-state index in [1.807, 2.05) is 48.5 Å². The topological polar surface area (TPSA) is 55.5 Å². The largest absolute Gasteiger partial charge is 0.496 e.